The van der Waals surface area contributed by atoms with Crippen molar-refractivity contribution in [1.29, 1.82) is 0 Å². The van der Waals surface area contributed by atoms with Gasteiger partial charge >= 0.3 is 12.2 Å². The van der Waals surface area contributed by atoms with Gasteiger partial charge in [0.25, 0.3) is 5.91 Å². The number of likely N-dealkylation sites (N-methyl/N-ethyl adjacent to an activating group) is 1. The van der Waals surface area contributed by atoms with Gasteiger partial charge < -0.3 is 25.6 Å². The highest BCUT2D eigenvalue weighted by Gasteiger charge is 2.30. The van der Waals surface area contributed by atoms with Crippen LogP contribution in [0.25, 0.3) is 0 Å². The van der Waals surface area contributed by atoms with E-state index >= 15 is 0 Å². The summed E-state index contributed by atoms with van der Waals surface area (Å²) in [6.45, 7) is 1.14. The number of carbonyl (C=O) groups is 2. The Hall–Kier alpha value is -3.27. The van der Waals surface area contributed by atoms with Crippen molar-refractivity contribution in [2.75, 3.05) is 44.9 Å². The fraction of sp³-hybridized carbons (Fsp3) is 0.300. The number of nitrogens with zero attached hydrogens (tertiary/aromatic N) is 1. The number of carbonyl (C=O) groups excluding carboxylic acids is 2. The smallest absolute Gasteiger partial charge is 0.416 e. The molecule has 0 atom stereocenters. The number of amides is 3. The molecule has 7 nitrogen and oxygen atoms in total. The monoisotopic (exact) mass is 424 g/mol. The van der Waals surface area contributed by atoms with Gasteiger partial charge in [-0.05, 0) is 50.5 Å². The maximum Gasteiger partial charge on any atom is 0.416 e. The Balaban J connectivity index is 2.00. The first kappa shape index (κ1) is 23.0. The number of alkyl halides is 3. The maximum absolute atomic E-state index is 12.6. The SMILES string of the molecule is COc1cc(NC(=O)Nc2ccc(C(F)(F)F)cc2)ccc1C(=O)NCCN(C)C. The zero-order valence-corrected chi connectivity index (χ0v) is 16.8. The van der Waals surface area contributed by atoms with Crippen molar-refractivity contribution in [3.63, 3.8) is 0 Å². The number of ether oxygens (including phenoxy) is 1. The summed E-state index contributed by atoms with van der Waals surface area (Å²) in [6.07, 6.45) is -4.45. The fourth-order valence-electron chi connectivity index (χ4n) is 2.48. The molecule has 162 valence electrons. The Kier molecular flexibility index (Phi) is 7.65. The number of hydrogen-bond donors (Lipinski definition) is 3. The first-order chi connectivity index (χ1) is 14.1. The van der Waals surface area contributed by atoms with Gasteiger partial charge in [-0.25, -0.2) is 4.79 Å². The molecule has 2 aromatic carbocycles. The number of urea groups is 1. The van der Waals surface area contributed by atoms with Crippen LogP contribution < -0.4 is 20.7 Å². The number of nitrogens with one attached hydrogen (secondary N) is 3. The van der Waals surface area contributed by atoms with Gasteiger partial charge in [-0.3, -0.25) is 4.79 Å². The molecule has 0 saturated heterocycles. The van der Waals surface area contributed by atoms with E-state index in [1.54, 1.807) is 0 Å². The molecule has 2 aromatic rings. The summed E-state index contributed by atoms with van der Waals surface area (Å²) in [7, 11) is 5.18. The van der Waals surface area contributed by atoms with Crippen LogP contribution in [0.5, 0.6) is 5.75 Å². The van der Waals surface area contributed by atoms with Crippen molar-refractivity contribution in [1.82, 2.24) is 10.2 Å². The van der Waals surface area contributed by atoms with Crippen molar-refractivity contribution in [3.05, 3.63) is 53.6 Å². The van der Waals surface area contributed by atoms with E-state index in [1.807, 2.05) is 19.0 Å². The highest BCUT2D eigenvalue weighted by atomic mass is 19.4. The molecule has 30 heavy (non-hydrogen) atoms. The van der Waals surface area contributed by atoms with E-state index in [9.17, 15) is 22.8 Å². The second kappa shape index (κ2) is 9.97. The normalized spacial score (nSPS) is 11.2. The van der Waals surface area contributed by atoms with Crippen LogP contribution in [-0.4, -0.2) is 51.1 Å². The molecule has 2 rings (SSSR count). The summed E-state index contributed by atoms with van der Waals surface area (Å²) in [6, 6.07) is 7.93. The van der Waals surface area contributed by atoms with E-state index in [-0.39, 0.29) is 17.3 Å². The van der Waals surface area contributed by atoms with E-state index in [0.717, 1.165) is 24.3 Å². The molecular formula is C20H23F3N4O3. The number of rotatable bonds is 7. The Morgan fingerprint density at radius 2 is 1.60 bits per heavy atom. The Morgan fingerprint density at radius 1 is 1.00 bits per heavy atom. The molecule has 10 heteroatoms. The van der Waals surface area contributed by atoms with Gasteiger partial charge in [0.1, 0.15) is 5.75 Å². The summed E-state index contributed by atoms with van der Waals surface area (Å²) in [5, 5.41) is 7.76. The first-order valence-electron chi connectivity index (χ1n) is 8.96. The molecule has 0 saturated carbocycles. The molecule has 0 aliphatic heterocycles. The third-order valence-corrected chi connectivity index (χ3v) is 4.02. The molecule has 3 amide bonds. The van der Waals surface area contributed by atoms with Gasteiger partial charge in [-0.2, -0.15) is 13.2 Å². The maximum atomic E-state index is 12.6. The lowest BCUT2D eigenvalue weighted by Gasteiger charge is -2.14. The van der Waals surface area contributed by atoms with Crippen molar-refractivity contribution in [2.24, 2.45) is 0 Å². The lowest BCUT2D eigenvalue weighted by molar-refractivity contribution is -0.137. The Labute approximate surface area is 172 Å². The number of halogens is 3. The summed E-state index contributed by atoms with van der Waals surface area (Å²) in [4.78, 5) is 26.3. The van der Waals surface area contributed by atoms with Crippen LogP contribution in [0.4, 0.5) is 29.3 Å². The van der Waals surface area contributed by atoms with Crippen LogP contribution in [0.15, 0.2) is 42.5 Å². The zero-order valence-electron chi connectivity index (χ0n) is 16.8. The predicted octanol–water partition coefficient (Wildman–Crippen LogP) is 3.65. The van der Waals surface area contributed by atoms with E-state index in [4.69, 9.17) is 4.74 Å². The lowest BCUT2D eigenvalue weighted by Crippen LogP contribution is -2.31. The van der Waals surface area contributed by atoms with Gasteiger partial charge in [-0.1, -0.05) is 0 Å². The second-order valence-corrected chi connectivity index (χ2v) is 6.63. The van der Waals surface area contributed by atoms with Crippen LogP contribution in [0.1, 0.15) is 15.9 Å². The predicted molar refractivity (Wildman–Crippen MR) is 108 cm³/mol. The molecule has 0 aliphatic rings. The molecule has 0 unspecified atom stereocenters. The van der Waals surface area contributed by atoms with Crippen LogP contribution in [0.3, 0.4) is 0 Å². The average Bonchev–Trinajstić information content (AvgIpc) is 2.67. The van der Waals surface area contributed by atoms with Gasteiger partial charge in [0.05, 0.1) is 18.2 Å². The van der Waals surface area contributed by atoms with Crippen LogP contribution in [-0.2, 0) is 6.18 Å². The molecule has 0 aliphatic carbocycles. The minimum Gasteiger partial charge on any atom is -0.496 e. The molecule has 3 N–H and O–H groups in total. The standard InChI is InChI=1S/C20H23F3N4O3/c1-27(2)11-10-24-18(28)16-9-8-15(12-17(16)30-3)26-19(29)25-14-6-4-13(5-7-14)20(21,22)23/h4-9,12H,10-11H2,1-3H3,(H,24,28)(H2,25,26,29). The largest absolute Gasteiger partial charge is 0.496 e. The number of benzene rings is 2. The number of anilines is 2. The summed E-state index contributed by atoms with van der Waals surface area (Å²) in [5.74, 6) is -0.0425. The quantitative estimate of drug-likeness (QED) is 0.634. The van der Waals surface area contributed by atoms with Crippen LogP contribution >= 0.6 is 0 Å². The molecule has 0 aromatic heterocycles. The third kappa shape index (κ3) is 6.66. The molecule has 0 heterocycles. The topological polar surface area (TPSA) is 82.7 Å². The van der Waals surface area contributed by atoms with Crippen molar-refractivity contribution >= 4 is 23.3 Å². The fourth-order valence-corrected chi connectivity index (χ4v) is 2.48. The van der Waals surface area contributed by atoms with Crippen molar-refractivity contribution in [2.45, 2.75) is 6.18 Å². The third-order valence-electron chi connectivity index (χ3n) is 4.02. The van der Waals surface area contributed by atoms with Crippen LogP contribution in [0, 0.1) is 0 Å². The Bertz CT molecular complexity index is 884. The average molecular weight is 424 g/mol. The minimum absolute atomic E-state index is 0.198. The second-order valence-electron chi connectivity index (χ2n) is 6.63. The van der Waals surface area contributed by atoms with E-state index in [0.29, 0.717) is 24.3 Å². The molecule has 0 fully saturated rings. The van der Waals surface area contributed by atoms with Crippen molar-refractivity contribution in [3.8, 4) is 5.75 Å². The number of methoxy groups -OCH3 is 1. The molecule has 0 spiro atoms. The van der Waals surface area contributed by atoms with E-state index in [2.05, 4.69) is 16.0 Å². The lowest BCUT2D eigenvalue weighted by atomic mass is 10.1. The summed E-state index contributed by atoms with van der Waals surface area (Å²) in [5.41, 5.74) is 0.0491. The molecule has 0 bridgehead atoms. The number of hydrogen-bond acceptors (Lipinski definition) is 4. The molecular weight excluding hydrogens is 401 g/mol. The summed E-state index contributed by atoms with van der Waals surface area (Å²) >= 11 is 0. The summed E-state index contributed by atoms with van der Waals surface area (Å²) < 4.78 is 43.0. The highest BCUT2D eigenvalue weighted by molar-refractivity contribution is 6.01. The zero-order chi connectivity index (χ0) is 22.3. The Morgan fingerprint density at radius 3 is 2.17 bits per heavy atom. The van der Waals surface area contributed by atoms with E-state index < -0.39 is 17.8 Å². The minimum atomic E-state index is -4.45. The van der Waals surface area contributed by atoms with Gasteiger partial charge in [-0.15, -0.1) is 0 Å². The van der Waals surface area contributed by atoms with Crippen LogP contribution in [0.2, 0.25) is 0 Å². The molecule has 0 radical (unpaired) electrons. The first-order valence-corrected chi connectivity index (χ1v) is 8.96. The van der Waals surface area contributed by atoms with Gasteiger partial charge in [0.2, 0.25) is 0 Å². The van der Waals surface area contributed by atoms with Crippen molar-refractivity contribution < 1.29 is 27.5 Å². The van der Waals surface area contributed by atoms with Gasteiger partial charge in [0, 0.05) is 30.5 Å². The highest BCUT2D eigenvalue weighted by Crippen LogP contribution is 2.30. The van der Waals surface area contributed by atoms with E-state index in [1.165, 1.54) is 25.3 Å². The van der Waals surface area contributed by atoms with Gasteiger partial charge in [0.15, 0.2) is 0 Å².